The lowest BCUT2D eigenvalue weighted by molar-refractivity contribution is 0.186. The maximum atomic E-state index is 5.09. The van der Waals surface area contributed by atoms with Gasteiger partial charge in [0.25, 0.3) is 0 Å². The SMILES string of the molecule is COCc1cccc2sc(Br)nc12. The molecule has 1 aromatic heterocycles. The van der Waals surface area contributed by atoms with Crippen molar-refractivity contribution in [2.75, 3.05) is 7.11 Å². The van der Waals surface area contributed by atoms with Crippen molar-refractivity contribution in [2.24, 2.45) is 0 Å². The minimum atomic E-state index is 0.619. The standard InChI is InChI=1S/C9H8BrNOS/c1-12-5-6-3-2-4-7-8(6)11-9(10)13-7/h2-4H,5H2,1H3. The van der Waals surface area contributed by atoms with E-state index in [1.54, 1.807) is 18.4 Å². The molecule has 1 aromatic carbocycles. The van der Waals surface area contributed by atoms with E-state index in [4.69, 9.17) is 4.74 Å². The molecular weight excluding hydrogens is 250 g/mol. The molecular formula is C9H8BrNOS. The average Bonchev–Trinajstić information content (AvgIpc) is 2.47. The fourth-order valence-corrected chi connectivity index (χ4v) is 2.69. The van der Waals surface area contributed by atoms with Crippen molar-refractivity contribution in [2.45, 2.75) is 6.61 Å². The first-order chi connectivity index (χ1) is 6.31. The van der Waals surface area contributed by atoms with Gasteiger partial charge in [-0.3, -0.25) is 0 Å². The summed E-state index contributed by atoms with van der Waals surface area (Å²) in [4.78, 5) is 4.39. The summed E-state index contributed by atoms with van der Waals surface area (Å²) in [5.74, 6) is 0. The van der Waals surface area contributed by atoms with E-state index in [2.05, 4.69) is 27.0 Å². The molecule has 0 N–H and O–H groups in total. The molecule has 0 spiro atoms. The van der Waals surface area contributed by atoms with Crippen LogP contribution >= 0.6 is 27.3 Å². The molecule has 13 heavy (non-hydrogen) atoms. The Morgan fingerprint density at radius 1 is 1.54 bits per heavy atom. The minimum Gasteiger partial charge on any atom is -0.380 e. The predicted octanol–water partition coefficient (Wildman–Crippen LogP) is 3.21. The third-order valence-electron chi connectivity index (χ3n) is 1.78. The van der Waals surface area contributed by atoms with E-state index in [0.29, 0.717) is 6.61 Å². The third kappa shape index (κ3) is 1.75. The molecule has 0 amide bonds. The van der Waals surface area contributed by atoms with Crippen LogP contribution in [-0.2, 0) is 11.3 Å². The normalized spacial score (nSPS) is 10.9. The van der Waals surface area contributed by atoms with Crippen molar-refractivity contribution in [3.63, 3.8) is 0 Å². The highest BCUT2D eigenvalue weighted by Gasteiger charge is 2.05. The first-order valence-electron chi connectivity index (χ1n) is 3.84. The fraction of sp³-hybridized carbons (Fsp3) is 0.222. The summed E-state index contributed by atoms with van der Waals surface area (Å²) in [6, 6.07) is 6.14. The maximum Gasteiger partial charge on any atom is 0.160 e. The first kappa shape index (κ1) is 9.12. The molecule has 0 fully saturated rings. The number of para-hydroxylation sites is 1. The number of thiazole rings is 1. The molecule has 0 unspecified atom stereocenters. The zero-order chi connectivity index (χ0) is 9.26. The minimum absolute atomic E-state index is 0.619. The van der Waals surface area contributed by atoms with E-state index >= 15 is 0 Å². The number of hydrogen-bond acceptors (Lipinski definition) is 3. The Balaban J connectivity index is 2.60. The summed E-state index contributed by atoms with van der Waals surface area (Å²) < 4.78 is 7.21. The Bertz CT molecular complexity index is 426. The molecule has 0 saturated carbocycles. The van der Waals surface area contributed by atoms with Crippen molar-refractivity contribution >= 4 is 37.5 Å². The molecule has 2 nitrogen and oxygen atoms in total. The zero-order valence-corrected chi connectivity index (χ0v) is 9.48. The molecule has 68 valence electrons. The van der Waals surface area contributed by atoms with Crippen LogP contribution in [0.5, 0.6) is 0 Å². The highest BCUT2D eigenvalue weighted by atomic mass is 79.9. The van der Waals surface area contributed by atoms with Gasteiger partial charge in [0.05, 0.1) is 16.8 Å². The largest absolute Gasteiger partial charge is 0.380 e. The Kier molecular flexibility index (Phi) is 2.62. The Hall–Kier alpha value is -0.450. The summed E-state index contributed by atoms with van der Waals surface area (Å²) in [5, 5.41) is 0. The molecule has 0 saturated heterocycles. The second-order valence-corrected chi connectivity index (χ2v) is 4.97. The topological polar surface area (TPSA) is 22.1 Å². The van der Waals surface area contributed by atoms with Gasteiger partial charge in [-0.05, 0) is 22.0 Å². The van der Waals surface area contributed by atoms with Crippen molar-refractivity contribution in [3.8, 4) is 0 Å². The molecule has 0 atom stereocenters. The van der Waals surface area contributed by atoms with Crippen molar-refractivity contribution in [1.29, 1.82) is 0 Å². The van der Waals surface area contributed by atoms with Gasteiger partial charge in [-0.1, -0.05) is 12.1 Å². The molecule has 0 aliphatic carbocycles. The van der Waals surface area contributed by atoms with E-state index in [0.717, 1.165) is 15.0 Å². The maximum absolute atomic E-state index is 5.09. The molecule has 0 aliphatic heterocycles. The second kappa shape index (κ2) is 3.74. The molecule has 2 aromatic rings. The van der Waals surface area contributed by atoms with Gasteiger partial charge in [-0.15, -0.1) is 11.3 Å². The Morgan fingerprint density at radius 2 is 2.38 bits per heavy atom. The first-order valence-corrected chi connectivity index (χ1v) is 5.45. The van der Waals surface area contributed by atoms with Gasteiger partial charge < -0.3 is 4.74 Å². The lowest BCUT2D eigenvalue weighted by Crippen LogP contribution is -1.88. The van der Waals surface area contributed by atoms with Gasteiger partial charge >= 0.3 is 0 Å². The highest BCUT2D eigenvalue weighted by molar-refractivity contribution is 9.11. The number of benzene rings is 1. The Morgan fingerprint density at radius 3 is 3.15 bits per heavy atom. The van der Waals surface area contributed by atoms with Crippen molar-refractivity contribution < 1.29 is 4.74 Å². The van der Waals surface area contributed by atoms with Crippen LogP contribution < -0.4 is 0 Å². The quantitative estimate of drug-likeness (QED) is 0.825. The molecule has 1 heterocycles. The summed E-state index contributed by atoms with van der Waals surface area (Å²) in [7, 11) is 1.69. The number of ether oxygens (including phenoxy) is 1. The predicted molar refractivity (Wildman–Crippen MR) is 58.0 cm³/mol. The van der Waals surface area contributed by atoms with E-state index in [1.165, 1.54) is 4.70 Å². The van der Waals surface area contributed by atoms with Crippen LogP contribution in [0, 0.1) is 0 Å². The number of rotatable bonds is 2. The number of hydrogen-bond donors (Lipinski definition) is 0. The summed E-state index contributed by atoms with van der Waals surface area (Å²) in [6.45, 7) is 0.619. The van der Waals surface area contributed by atoms with E-state index in [-0.39, 0.29) is 0 Å². The zero-order valence-electron chi connectivity index (χ0n) is 7.08. The lowest BCUT2D eigenvalue weighted by atomic mass is 10.2. The van der Waals surface area contributed by atoms with E-state index < -0.39 is 0 Å². The molecule has 2 rings (SSSR count). The van der Waals surface area contributed by atoms with Gasteiger partial charge in [0, 0.05) is 12.7 Å². The van der Waals surface area contributed by atoms with Gasteiger partial charge in [-0.2, -0.15) is 0 Å². The van der Waals surface area contributed by atoms with Crippen molar-refractivity contribution in [3.05, 3.63) is 27.7 Å². The summed E-state index contributed by atoms with van der Waals surface area (Å²) in [6.07, 6.45) is 0. The lowest BCUT2D eigenvalue weighted by Gasteiger charge is -1.98. The van der Waals surface area contributed by atoms with Crippen LogP contribution in [0.2, 0.25) is 0 Å². The second-order valence-electron chi connectivity index (χ2n) is 2.66. The fourth-order valence-electron chi connectivity index (χ4n) is 1.25. The van der Waals surface area contributed by atoms with Crippen LogP contribution in [0.25, 0.3) is 10.2 Å². The van der Waals surface area contributed by atoms with Gasteiger partial charge in [0.2, 0.25) is 0 Å². The number of fused-ring (bicyclic) bond motifs is 1. The van der Waals surface area contributed by atoms with Crippen LogP contribution in [0.3, 0.4) is 0 Å². The van der Waals surface area contributed by atoms with E-state index in [9.17, 15) is 0 Å². The van der Waals surface area contributed by atoms with Gasteiger partial charge in [0.15, 0.2) is 3.92 Å². The molecule has 0 radical (unpaired) electrons. The van der Waals surface area contributed by atoms with Gasteiger partial charge in [0.1, 0.15) is 0 Å². The average molecular weight is 258 g/mol. The number of halogens is 1. The van der Waals surface area contributed by atoms with Crippen LogP contribution in [0.1, 0.15) is 5.56 Å². The monoisotopic (exact) mass is 257 g/mol. The third-order valence-corrected chi connectivity index (χ3v) is 3.25. The van der Waals surface area contributed by atoms with Crippen molar-refractivity contribution in [1.82, 2.24) is 4.98 Å². The Labute approximate surface area is 88.7 Å². The van der Waals surface area contributed by atoms with Crippen LogP contribution in [0.15, 0.2) is 22.1 Å². The highest BCUT2D eigenvalue weighted by Crippen LogP contribution is 2.28. The number of nitrogens with zero attached hydrogens (tertiary/aromatic N) is 1. The van der Waals surface area contributed by atoms with E-state index in [1.807, 2.05) is 12.1 Å². The number of aromatic nitrogens is 1. The summed E-state index contributed by atoms with van der Waals surface area (Å²) >= 11 is 5.02. The summed E-state index contributed by atoms with van der Waals surface area (Å²) in [5.41, 5.74) is 2.18. The van der Waals surface area contributed by atoms with Gasteiger partial charge in [-0.25, -0.2) is 4.98 Å². The molecule has 4 heteroatoms. The molecule has 0 aliphatic rings. The molecule has 0 bridgehead atoms. The number of methoxy groups -OCH3 is 1. The van der Waals surface area contributed by atoms with Crippen LogP contribution in [-0.4, -0.2) is 12.1 Å². The van der Waals surface area contributed by atoms with Crippen LogP contribution in [0.4, 0.5) is 0 Å². The smallest absolute Gasteiger partial charge is 0.160 e.